The largest absolute Gasteiger partial charge is 0.399 e. The lowest BCUT2D eigenvalue weighted by Crippen LogP contribution is -2.27. The second-order valence-corrected chi connectivity index (χ2v) is 5.53. The Hall–Kier alpha value is -2.82. The molecule has 2 aromatic rings. The van der Waals surface area contributed by atoms with Crippen molar-refractivity contribution < 1.29 is 4.79 Å². The van der Waals surface area contributed by atoms with E-state index >= 15 is 0 Å². The van der Waals surface area contributed by atoms with Crippen LogP contribution in [0.1, 0.15) is 23.6 Å². The average Bonchev–Trinajstić information content (AvgIpc) is 2.51. The zero-order chi connectivity index (χ0) is 16.8. The molecule has 0 unspecified atom stereocenters. The average molecular weight is 310 g/mol. The lowest BCUT2D eigenvalue weighted by molar-refractivity contribution is -0.119. The van der Waals surface area contributed by atoms with Crippen molar-refractivity contribution in [3.05, 3.63) is 59.2 Å². The Kier molecular flexibility index (Phi) is 5.36. The van der Waals surface area contributed by atoms with Gasteiger partial charge in [-0.2, -0.15) is 5.10 Å². The van der Waals surface area contributed by atoms with Crippen LogP contribution in [0.25, 0.3) is 0 Å². The van der Waals surface area contributed by atoms with Gasteiger partial charge >= 0.3 is 0 Å². The summed E-state index contributed by atoms with van der Waals surface area (Å²) in [5, 5.41) is 7.22. The number of rotatable bonds is 5. The van der Waals surface area contributed by atoms with Gasteiger partial charge in [0.05, 0.1) is 12.3 Å². The number of benzene rings is 2. The summed E-state index contributed by atoms with van der Waals surface area (Å²) < 4.78 is 0. The van der Waals surface area contributed by atoms with Gasteiger partial charge in [0.25, 0.3) is 5.91 Å². The maximum absolute atomic E-state index is 11.9. The summed E-state index contributed by atoms with van der Waals surface area (Å²) in [5.74, 6) is -0.201. The van der Waals surface area contributed by atoms with Crippen LogP contribution in [-0.4, -0.2) is 18.2 Å². The third kappa shape index (κ3) is 4.85. The van der Waals surface area contributed by atoms with Crippen LogP contribution in [0.4, 0.5) is 11.4 Å². The van der Waals surface area contributed by atoms with Crippen LogP contribution in [0.2, 0.25) is 0 Å². The van der Waals surface area contributed by atoms with Crippen molar-refractivity contribution in [2.24, 2.45) is 5.10 Å². The lowest BCUT2D eigenvalue weighted by atomic mass is 10.1. The van der Waals surface area contributed by atoms with E-state index in [-0.39, 0.29) is 12.5 Å². The number of amides is 1. The van der Waals surface area contributed by atoms with Gasteiger partial charge in [-0.05, 0) is 50.1 Å². The molecule has 0 fully saturated rings. The van der Waals surface area contributed by atoms with Crippen LogP contribution in [-0.2, 0) is 4.79 Å². The first-order valence-electron chi connectivity index (χ1n) is 7.46. The van der Waals surface area contributed by atoms with E-state index in [1.165, 1.54) is 5.56 Å². The Morgan fingerprint density at radius 2 is 1.96 bits per heavy atom. The lowest BCUT2D eigenvalue weighted by Gasteiger charge is -2.09. The number of aryl methyl sites for hydroxylation is 2. The summed E-state index contributed by atoms with van der Waals surface area (Å²) in [4.78, 5) is 11.9. The fourth-order valence-electron chi connectivity index (χ4n) is 2.20. The van der Waals surface area contributed by atoms with Crippen molar-refractivity contribution in [3.63, 3.8) is 0 Å². The second kappa shape index (κ2) is 7.45. The topological polar surface area (TPSA) is 79.5 Å². The summed E-state index contributed by atoms with van der Waals surface area (Å²) in [7, 11) is 0. The van der Waals surface area contributed by atoms with Crippen molar-refractivity contribution >= 4 is 23.0 Å². The molecular weight excluding hydrogens is 288 g/mol. The molecule has 0 heterocycles. The molecule has 0 aliphatic heterocycles. The van der Waals surface area contributed by atoms with Gasteiger partial charge in [0, 0.05) is 11.4 Å². The number of nitrogen functional groups attached to an aromatic ring is 1. The highest BCUT2D eigenvalue weighted by atomic mass is 16.2. The molecule has 0 saturated heterocycles. The number of nitrogens with one attached hydrogen (secondary N) is 2. The second-order valence-electron chi connectivity index (χ2n) is 5.53. The van der Waals surface area contributed by atoms with Crippen molar-refractivity contribution in [2.75, 3.05) is 17.6 Å². The molecule has 2 aromatic carbocycles. The fourth-order valence-corrected chi connectivity index (χ4v) is 2.20. The van der Waals surface area contributed by atoms with Gasteiger partial charge in [0.15, 0.2) is 0 Å². The zero-order valence-electron chi connectivity index (χ0n) is 13.7. The molecule has 0 aliphatic rings. The Morgan fingerprint density at radius 3 is 2.65 bits per heavy atom. The summed E-state index contributed by atoms with van der Waals surface area (Å²) in [5.41, 5.74) is 13.8. The van der Waals surface area contributed by atoms with Crippen molar-refractivity contribution in [3.8, 4) is 0 Å². The van der Waals surface area contributed by atoms with Gasteiger partial charge in [-0.15, -0.1) is 0 Å². The molecule has 0 saturated carbocycles. The Morgan fingerprint density at radius 1 is 1.17 bits per heavy atom. The Labute approximate surface area is 136 Å². The SMILES string of the molecule is C/C(=N/NC(=O)CNc1ccc(C)cc1C)c1cccc(N)c1. The van der Waals surface area contributed by atoms with Gasteiger partial charge in [-0.1, -0.05) is 29.8 Å². The minimum absolute atomic E-state index is 0.164. The van der Waals surface area contributed by atoms with Crippen molar-refractivity contribution in [1.29, 1.82) is 0 Å². The molecule has 1 amide bonds. The summed E-state index contributed by atoms with van der Waals surface area (Å²) in [6, 6.07) is 13.4. The van der Waals surface area contributed by atoms with Crippen LogP contribution < -0.4 is 16.5 Å². The van der Waals surface area contributed by atoms with Crippen LogP contribution in [0.3, 0.4) is 0 Å². The van der Waals surface area contributed by atoms with E-state index in [2.05, 4.69) is 21.9 Å². The Bertz CT molecular complexity index is 738. The third-order valence-electron chi connectivity index (χ3n) is 3.47. The predicted octanol–water partition coefficient (Wildman–Crippen LogP) is 2.84. The molecule has 120 valence electrons. The van der Waals surface area contributed by atoms with Gasteiger partial charge in [-0.25, -0.2) is 5.43 Å². The van der Waals surface area contributed by atoms with E-state index in [9.17, 15) is 4.79 Å². The first-order valence-corrected chi connectivity index (χ1v) is 7.46. The molecule has 0 spiro atoms. The number of nitrogens with zero attached hydrogens (tertiary/aromatic N) is 1. The summed E-state index contributed by atoms with van der Waals surface area (Å²) in [6.45, 7) is 6.04. The van der Waals surface area contributed by atoms with E-state index < -0.39 is 0 Å². The van der Waals surface area contributed by atoms with E-state index in [0.29, 0.717) is 11.4 Å². The molecule has 2 rings (SSSR count). The number of hydrogen-bond acceptors (Lipinski definition) is 4. The number of anilines is 2. The molecule has 5 nitrogen and oxygen atoms in total. The number of carbonyl (C=O) groups is 1. The standard InChI is InChI=1S/C18H22N4O/c1-12-7-8-17(13(2)9-12)20-11-18(23)22-21-14(3)15-5-4-6-16(19)10-15/h4-10,20H,11,19H2,1-3H3,(H,22,23)/b21-14-. The molecule has 0 radical (unpaired) electrons. The highest BCUT2D eigenvalue weighted by molar-refractivity contribution is 6.00. The van der Waals surface area contributed by atoms with Gasteiger partial charge in [-0.3, -0.25) is 4.79 Å². The van der Waals surface area contributed by atoms with E-state index in [0.717, 1.165) is 16.8 Å². The minimum atomic E-state index is -0.201. The number of hydrogen-bond donors (Lipinski definition) is 3. The zero-order valence-corrected chi connectivity index (χ0v) is 13.7. The molecule has 4 N–H and O–H groups in total. The first kappa shape index (κ1) is 16.5. The van der Waals surface area contributed by atoms with Crippen LogP contribution in [0.15, 0.2) is 47.6 Å². The minimum Gasteiger partial charge on any atom is -0.399 e. The van der Waals surface area contributed by atoms with Gasteiger partial charge in [0.1, 0.15) is 0 Å². The normalized spacial score (nSPS) is 11.2. The molecule has 0 aromatic heterocycles. The molecule has 0 aliphatic carbocycles. The van der Waals surface area contributed by atoms with Crippen LogP contribution >= 0.6 is 0 Å². The predicted molar refractivity (Wildman–Crippen MR) is 95.6 cm³/mol. The Balaban J connectivity index is 1.90. The van der Waals surface area contributed by atoms with Gasteiger partial charge < -0.3 is 11.1 Å². The highest BCUT2D eigenvalue weighted by Crippen LogP contribution is 2.15. The highest BCUT2D eigenvalue weighted by Gasteiger charge is 2.03. The van der Waals surface area contributed by atoms with Gasteiger partial charge in [0.2, 0.25) is 0 Å². The van der Waals surface area contributed by atoms with Crippen molar-refractivity contribution in [1.82, 2.24) is 5.43 Å². The first-order chi connectivity index (χ1) is 11.0. The summed E-state index contributed by atoms with van der Waals surface area (Å²) >= 11 is 0. The fraction of sp³-hybridized carbons (Fsp3) is 0.222. The smallest absolute Gasteiger partial charge is 0.259 e. The molecule has 0 atom stereocenters. The molecule has 5 heteroatoms. The number of carbonyl (C=O) groups excluding carboxylic acids is 1. The van der Waals surface area contributed by atoms with E-state index in [4.69, 9.17) is 5.73 Å². The van der Waals surface area contributed by atoms with E-state index in [1.807, 2.05) is 57.2 Å². The monoisotopic (exact) mass is 310 g/mol. The van der Waals surface area contributed by atoms with Crippen LogP contribution in [0.5, 0.6) is 0 Å². The molecular formula is C18H22N4O. The van der Waals surface area contributed by atoms with Crippen LogP contribution in [0, 0.1) is 13.8 Å². The molecule has 0 bridgehead atoms. The van der Waals surface area contributed by atoms with E-state index in [1.54, 1.807) is 0 Å². The maximum atomic E-state index is 11.9. The molecule has 23 heavy (non-hydrogen) atoms. The maximum Gasteiger partial charge on any atom is 0.259 e. The number of nitrogens with two attached hydrogens (primary N) is 1. The third-order valence-corrected chi connectivity index (χ3v) is 3.47. The summed E-state index contributed by atoms with van der Waals surface area (Å²) in [6.07, 6.45) is 0. The van der Waals surface area contributed by atoms with Crippen molar-refractivity contribution in [2.45, 2.75) is 20.8 Å². The number of hydrazone groups is 1. The quantitative estimate of drug-likeness (QED) is 0.451.